The van der Waals surface area contributed by atoms with Gasteiger partial charge in [-0.1, -0.05) is 12.1 Å². The maximum absolute atomic E-state index is 11.7. The van der Waals surface area contributed by atoms with Crippen molar-refractivity contribution in [1.82, 2.24) is 5.32 Å². The highest BCUT2D eigenvalue weighted by atomic mass is 16.5. The van der Waals surface area contributed by atoms with Crippen molar-refractivity contribution in [3.05, 3.63) is 29.8 Å². The number of nitrogens with one attached hydrogen (secondary N) is 1. The Kier molecular flexibility index (Phi) is 6.56. The third kappa shape index (κ3) is 5.30. The average Bonchev–Trinajstić information content (AvgIpc) is 2.47. The van der Waals surface area contributed by atoms with Gasteiger partial charge in [-0.15, -0.1) is 0 Å². The van der Waals surface area contributed by atoms with Crippen molar-refractivity contribution in [3.63, 3.8) is 0 Å². The fraction of sp³-hybridized carbons (Fsp3) is 0.467. The van der Waals surface area contributed by atoms with Gasteiger partial charge in [0.25, 0.3) is 0 Å². The van der Waals surface area contributed by atoms with E-state index in [4.69, 9.17) is 9.47 Å². The molecule has 1 aromatic carbocycles. The van der Waals surface area contributed by atoms with E-state index in [0.29, 0.717) is 13.0 Å². The summed E-state index contributed by atoms with van der Waals surface area (Å²) in [4.78, 5) is 22.6. The zero-order valence-corrected chi connectivity index (χ0v) is 12.1. The van der Waals surface area contributed by atoms with Crippen molar-refractivity contribution < 1.29 is 19.1 Å². The molecule has 0 aliphatic rings. The number of esters is 1. The molecule has 0 bridgehead atoms. The number of methoxy groups -OCH3 is 2. The van der Waals surface area contributed by atoms with E-state index in [2.05, 4.69) is 5.32 Å². The maximum atomic E-state index is 11.7. The summed E-state index contributed by atoms with van der Waals surface area (Å²) in [6.45, 7) is 1.73. The van der Waals surface area contributed by atoms with E-state index in [0.717, 1.165) is 17.7 Å². The van der Waals surface area contributed by atoms with Crippen LogP contribution < -0.4 is 10.1 Å². The topological polar surface area (TPSA) is 64.6 Å². The van der Waals surface area contributed by atoms with Crippen LogP contribution in [0.15, 0.2) is 24.3 Å². The van der Waals surface area contributed by atoms with Gasteiger partial charge in [-0.3, -0.25) is 9.59 Å². The molecule has 0 heterocycles. The first-order valence-corrected chi connectivity index (χ1v) is 6.52. The summed E-state index contributed by atoms with van der Waals surface area (Å²) in [7, 11) is 2.98. The Morgan fingerprint density at radius 1 is 1.20 bits per heavy atom. The molecule has 5 nitrogen and oxygen atoms in total. The molecule has 0 saturated heterocycles. The highest BCUT2D eigenvalue weighted by Gasteiger charge is 2.19. The van der Waals surface area contributed by atoms with Crippen molar-refractivity contribution in [2.75, 3.05) is 20.8 Å². The molecule has 5 heteroatoms. The number of benzene rings is 1. The van der Waals surface area contributed by atoms with Gasteiger partial charge in [0.1, 0.15) is 5.75 Å². The minimum absolute atomic E-state index is 0.150. The van der Waals surface area contributed by atoms with Crippen LogP contribution in [-0.4, -0.2) is 32.6 Å². The van der Waals surface area contributed by atoms with Crippen molar-refractivity contribution >= 4 is 11.9 Å². The zero-order chi connectivity index (χ0) is 15.0. The molecule has 1 N–H and O–H groups in total. The first kappa shape index (κ1) is 16.0. The Morgan fingerprint density at radius 2 is 1.85 bits per heavy atom. The number of ether oxygens (including phenoxy) is 2. The molecule has 20 heavy (non-hydrogen) atoms. The van der Waals surface area contributed by atoms with E-state index in [1.54, 1.807) is 7.11 Å². The number of amides is 1. The van der Waals surface area contributed by atoms with Crippen LogP contribution in [0.1, 0.15) is 18.9 Å². The zero-order valence-electron chi connectivity index (χ0n) is 12.1. The summed E-state index contributed by atoms with van der Waals surface area (Å²) in [5.74, 6) is 0.0260. The third-order valence-electron chi connectivity index (χ3n) is 3.07. The lowest BCUT2D eigenvalue weighted by molar-refractivity contribution is -0.145. The van der Waals surface area contributed by atoms with E-state index >= 15 is 0 Å². The van der Waals surface area contributed by atoms with Gasteiger partial charge in [0.05, 0.1) is 20.1 Å². The number of hydrogen-bond acceptors (Lipinski definition) is 4. The predicted octanol–water partition coefficient (Wildman–Crippen LogP) is 1.55. The molecular formula is C15H21NO4. The fourth-order valence-corrected chi connectivity index (χ4v) is 1.87. The van der Waals surface area contributed by atoms with Crippen LogP contribution in [0.5, 0.6) is 5.75 Å². The van der Waals surface area contributed by atoms with Gasteiger partial charge in [-0.25, -0.2) is 0 Å². The van der Waals surface area contributed by atoms with E-state index in [1.807, 2.05) is 24.3 Å². The van der Waals surface area contributed by atoms with E-state index in [1.165, 1.54) is 14.0 Å². The van der Waals surface area contributed by atoms with Crippen LogP contribution >= 0.6 is 0 Å². The van der Waals surface area contributed by atoms with Gasteiger partial charge < -0.3 is 14.8 Å². The Balaban J connectivity index is 2.55. The highest BCUT2D eigenvalue weighted by Crippen LogP contribution is 2.15. The normalized spacial score (nSPS) is 11.6. The third-order valence-corrected chi connectivity index (χ3v) is 3.07. The number of rotatable bonds is 7. The Bertz CT molecular complexity index is 442. The Labute approximate surface area is 119 Å². The fourth-order valence-electron chi connectivity index (χ4n) is 1.87. The molecule has 110 valence electrons. The van der Waals surface area contributed by atoms with Crippen LogP contribution in [0.25, 0.3) is 0 Å². The van der Waals surface area contributed by atoms with E-state index in [9.17, 15) is 9.59 Å². The molecule has 1 amide bonds. The summed E-state index contributed by atoms with van der Waals surface area (Å²) < 4.78 is 9.85. The standard InChI is InChI=1S/C15H21NO4/c1-11(17)16-10-13(15(18)20-3)7-4-12-5-8-14(19-2)9-6-12/h5-6,8-9,13H,4,7,10H2,1-3H3,(H,16,17). The largest absolute Gasteiger partial charge is 0.497 e. The molecule has 1 atom stereocenters. The number of carbonyl (C=O) groups is 2. The van der Waals surface area contributed by atoms with Crippen LogP contribution in [-0.2, 0) is 20.7 Å². The van der Waals surface area contributed by atoms with Crippen molar-refractivity contribution in [2.45, 2.75) is 19.8 Å². The molecular weight excluding hydrogens is 258 g/mol. The van der Waals surface area contributed by atoms with Gasteiger partial charge in [0.2, 0.25) is 5.91 Å². The smallest absolute Gasteiger partial charge is 0.310 e. The monoisotopic (exact) mass is 279 g/mol. The number of hydrogen-bond donors (Lipinski definition) is 1. The Hall–Kier alpha value is -2.04. The van der Waals surface area contributed by atoms with Crippen LogP contribution in [0.4, 0.5) is 0 Å². The summed E-state index contributed by atoms with van der Waals surface area (Å²) in [5, 5.41) is 2.66. The second kappa shape index (κ2) is 8.19. The molecule has 0 fully saturated rings. The molecule has 0 radical (unpaired) electrons. The van der Waals surface area contributed by atoms with Crippen LogP contribution in [0.2, 0.25) is 0 Å². The second-order valence-corrected chi connectivity index (χ2v) is 4.54. The lowest BCUT2D eigenvalue weighted by Crippen LogP contribution is -2.32. The van der Waals surface area contributed by atoms with Gasteiger partial charge in [-0.05, 0) is 30.5 Å². The number of aryl methyl sites for hydroxylation is 1. The average molecular weight is 279 g/mol. The van der Waals surface area contributed by atoms with Gasteiger partial charge in [-0.2, -0.15) is 0 Å². The maximum Gasteiger partial charge on any atom is 0.310 e. The summed E-state index contributed by atoms with van der Waals surface area (Å²) in [6, 6.07) is 7.70. The first-order valence-electron chi connectivity index (χ1n) is 6.52. The van der Waals surface area contributed by atoms with Gasteiger partial charge in [0, 0.05) is 13.5 Å². The summed E-state index contributed by atoms with van der Waals surface area (Å²) >= 11 is 0. The van der Waals surface area contributed by atoms with Gasteiger partial charge in [0.15, 0.2) is 0 Å². The molecule has 0 saturated carbocycles. The quantitative estimate of drug-likeness (QED) is 0.769. The molecule has 0 spiro atoms. The minimum Gasteiger partial charge on any atom is -0.497 e. The Morgan fingerprint density at radius 3 is 2.35 bits per heavy atom. The van der Waals surface area contributed by atoms with Gasteiger partial charge >= 0.3 is 5.97 Å². The first-order chi connectivity index (χ1) is 9.56. The van der Waals surface area contributed by atoms with Crippen LogP contribution in [0.3, 0.4) is 0 Å². The van der Waals surface area contributed by atoms with Crippen LogP contribution in [0, 0.1) is 5.92 Å². The molecule has 1 aromatic rings. The van der Waals surface area contributed by atoms with E-state index in [-0.39, 0.29) is 17.8 Å². The number of carbonyl (C=O) groups excluding carboxylic acids is 2. The van der Waals surface area contributed by atoms with Crippen molar-refractivity contribution in [3.8, 4) is 5.75 Å². The minimum atomic E-state index is -0.328. The van der Waals surface area contributed by atoms with Crippen molar-refractivity contribution in [1.29, 1.82) is 0 Å². The lowest BCUT2D eigenvalue weighted by atomic mass is 9.99. The predicted molar refractivity (Wildman–Crippen MR) is 75.5 cm³/mol. The van der Waals surface area contributed by atoms with E-state index < -0.39 is 0 Å². The summed E-state index contributed by atoms with van der Waals surface area (Å²) in [6.07, 6.45) is 1.36. The second-order valence-electron chi connectivity index (χ2n) is 4.54. The molecule has 0 aromatic heterocycles. The van der Waals surface area contributed by atoms with Crippen molar-refractivity contribution in [2.24, 2.45) is 5.92 Å². The highest BCUT2D eigenvalue weighted by molar-refractivity contribution is 5.76. The summed E-state index contributed by atoms with van der Waals surface area (Å²) in [5.41, 5.74) is 1.11. The molecule has 0 aliphatic carbocycles. The molecule has 0 aliphatic heterocycles. The molecule has 1 rings (SSSR count). The lowest BCUT2D eigenvalue weighted by Gasteiger charge is -2.15. The SMILES string of the molecule is COC(=O)C(CCc1ccc(OC)cc1)CNC(C)=O. The molecule has 1 unspecified atom stereocenters.